The van der Waals surface area contributed by atoms with Crippen LogP contribution in [0.4, 0.5) is 8.78 Å². The highest BCUT2D eigenvalue weighted by Crippen LogP contribution is 2.39. The molecule has 1 N–H and O–H groups in total. The van der Waals surface area contributed by atoms with Crippen LogP contribution >= 0.6 is 0 Å². The van der Waals surface area contributed by atoms with E-state index in [1.807, 2.05) is 0 Å². The summed E-state index contributed by atoms with van der Waals surface area (Å²) >= 11 is 0. The molecule has 0 aromatic rings. The molecule has 2 saturated heterocycles. The summed E-state index contributed by atoms with van der Waals surface area (Å²) in [6.45, 7) is -0.142. The number of nitrogens with one attached hydrogen (secondary N) is 1. The lowest BCUT2D eigenvalue weighted by Crippen LogP contribution is -2.53. The van der Waals surface area contributed by atoms with Gasteiger partial charge in [0.15, 0.2) is 0 Å². The highest BCUT2D eigenvalue weighted by molar-refractivity contribution is 5.88. The van der Waals surface area contributed by atoms with E-state index in [-0.39, 0.29) is 18.1 Å². The summed E-state index contributed by atoms with van der Waals surface area (Å²) in [5.41, 5.74) is 0. The summed E-state index contributed by atoms with van der Waals surface area (Å²) in [6.07, 6.45) is 5.65. The molecule has 3 fully saturated rings. The molecule has 25 heavy (non-hydrogen) atoms. The molecule has 0 spiro atoms. The second-order valence-corrected chi connectivity index (χ2v) is 7.50. The molecule has 3 atom stereocenters. The van der Waals surface area contributed by atoms with Crippen molar-refractivity contribution >= 4 is 11.8 Å². The van der Waals surface area contributed by atoms with Gasteiger partial charge in [-0.05, 0) is 57.3 Å². The van der Waals surface area contributed by atoms with E-state index in [4.69, 9.17) is 4.74 Å². The van der Waals surface area contributed by atoms with Crippen LogP contribution in [0.5, 0.6) is 0 Å². The molecule has 0 radical (unpaired) electrons. The number of rotatable bonds is 6. The Kier molecular flexibility index (Phi) is 6.25. The maximum Gasteiger partial charge on any atom is 0.255 e. The van der Waals surface area contributed by atoms with Crippen LogP contribution in [0.2, 0.25) is 0 Å². The van der Waals surface area contributed by atoms with Gasteiger partial charge in [0.25, 0.3) is 6.43 Å². The molecular weight excluding hydrogens is 330 g/mol. The summed E-state index contributed by atoms with van der Waals surface area (Å²) in [7, 11) is 0. The molecule has 0 aromatic carbocycles. The third kappa shape index (κ3) is 5.12. The molecule has 3 rings (SSSR count). The Morgan fingerprint density at radius 2 is 1.88 bits per heavy atom. The summed E-state index contributed by atoms with van der Waals surface area (Å²) in [5.74, 6) is 0.118. The van der Waals surface area contributed by atoms with Gasteiger partial charge in [0.1, 0.15) is 6.04 Å². The van der Waals surface area contributed by atoms with Gasteiger partial charge in [-0.3, -0.25) is 9.59 Å². The van der Waals surface area contributed by atoms with Crippen LogP contribution in [-0.2, 0) is 14.3 Å². The second kappa shape index (κ2) is 8.43. The van der Waals surface area contributed by atoms with Crippen LogP contribution in [0.15, 0.2) is 0 Å². The minimum absolute atomic E-state index is 0.0708. The van der Waals surface area contributed by atoms with Gasteiger partial charge in [-0.1, -0.05) is 0 Å². The van der Waals surface area contributed by atoms with E-state index in [9.17, 15) is 18.4 Å². The Labute approximate surface area is 147 Å². The predicted molar refractivity (Wildman–Crippen MR) is 88.2 cm³/mol. The third-order valence-electron chi connectivity index (χ3n) is 5.49. The number of ether oxygens (including phenoxy) is 1. The van der Waals surface area contributed by atoms with Crippen LogP contribution in [0, 0.1) is 5.92 Å². The normalized spacial score (nSPS) is 30.4. The van der Waals surface area contributed by atoms with E-state index < -0.39 is 24.9 Å². The van der Waals surface area contributed by atoms with E-state index >= 15 is 0 Å². The fourth-order valence-corrected chi connectivity index (χ4v) is 4.01. The second-order valence-electron chi connectivity index (χ2n) is 7.50. The predicted octanol–water partition coefficient (Wildman–Crippen LogP) is 2.49. The standard InChI is InChI=1S/C18H28F2N2O3/c19-16(20)11-21-18(24)14-5-1-2-9-22(14)17(23)10-13-4-3-6-15(25-13)12-7-8-12/h12-16H,1-11H2,(H,21,24)/t13-,14-,15+/m0/s1. The minimum atomic E-state index is -2.58. The molecule has 0 unspecified atom stereocenters. The first kappa shape index (κ1) is 18.5. The van der Waals surface area contributed by atoms with Gasteiger partial charge < -0.3 is 15.0 Å². The first-order valence-corrected chi connectivity index (χ1v) is 9.55. The Bertz CT molecular complexity index is 485. The van der Waals surface area contributed by atoms with Gasteiger partial charge in [-0.2, -0.15) is 0 Å². The van der Waals surface area contributed by atoms with Crippen LogP contribution in [0.1, 0.15) is 57.8 Å². The molecule has 7 heteroatoms. The van der Waals surface area contributed by atoms with Gasteiger partial charge in [0.2, 0.25) is 11.8 Å². The highest BCUT2D eigenvalue weighted by Gasteiger charge is 2.38. The Morgan fingerprint density at radius 1 is 1.08 bits per heavy atom. The minimum Gasteiger partial charge on any atom is -0.374 e. The molecule has 0 bridgehead atoms. The average molecular weight is 358 g/mol. The topological polar surface area (TPSA) is 58.6 Å². The smallest absolute Gasteiger partial charge is 0.255 e. The summed E-state index contributed by atoms with van der Waals surface area (Å²) < 4.78 is 30.7. The Balaban J connectivity index is 1.53. The molecule has 0 aromatic heterocycles. The summed E-state index contributed by atoms with van der Waals surface area (Å²) in [4.78, 5) is 26.5. The van der Waals surface area contributed by atoms with E-state index in [1.165, 1.54) is 12.8 Å². The van der Waals surface area contributed by atoms with Crippen molar-refractivity contribution in [3.8, 4) is 0 Å². The lowest BCUT2D eigenvalue weighted by Gasteiger charge is -2.37. The molecule has 142 valence electrons. The quantitative estimate of drug-likeness (QED) is 0.794. The van der Waals surface area contributed by atoms with E-state index in [0.29, 0.717) is 25.3 Å². The largest absolute Gasteiger partial charge is 0.374 e. The number of nitrogens with zero attached hydrogens (tertiary/aromatic N) is 1. The fraction of sp³-hybridized carbons (Fsp3) is 0.889. The molecule has 3 aliphatic rings. The monoisotopic (exact) mass is 358 g/mol. The number of amides is 2. The number of carbonyl (C=O) groups excluding carboxylic acids is 2. The number of hydrogen-bond donors (Lipinski definition) is 1. The number of piperidine rings is 1. The number of likely N-dealkylation sites (tertiary alicyclic amines) is 1. The van der Waals surface area contributed by atoms with E-state index in [2.05, 4.69) is 5.32 Å². The number of carbonyl (C=O) groups is 2. The summed E-state index contributed by atoms with van der Waals surface area (Å²) in [6, 6.07) is -0.622. The Hall–Kier alpha value is -1.24. The zero-order valence-corrected chi connectivity index (χ0v) is 14.6. The van der Waals surface area contributed by atoms with Gasteiger partial charge in [0.05, 0.1) is 25.2 Å². The van der Waals surface area contributed by atoms with E-state index in [1.54, 1.807) is 4.90 Å². The van der Waals surface area contributed by atoms with Crippen molar-refractivity contribution in [1.29, 1.82) is 0 Å². The average Bonchev–Trinajstić information content (AvgIpc) is 3.45. The maximum atomic E-state index is 12.7. The highest BCUT2D eigenvalue weighted by atomic mass is 19.3. The molecule has 2 heterocycles. The SMILES string of the molecule is O=C(NCC(F)F)[C@@H]1CCCCN1C(=O)C[C@@H]1CCC[C@H](C2CC2)O1. The van der Waals surface area contributed by atoms with Crippen molar-refractivity contribution in [2.75, 3.05) is 13.1 Å². The van der Waals surface area contributed by atoms with Crippen molar-refractivity contribution < 1.29 is 23.1 Å². The number of halogens is 2. The first-order valence-electron chi connectivity index (χ1n) is 9.55. The number of hydrogen-bond acceptors (Lipinski definition) is 3. The molecule has 2 amide bonds. The van der Waals surface area contributed by atoms with Crippen LogP contribution < -0.4 is 5.32 Å². The van der Waals surface area contributed by atoms with Crippen LogP contribution in [0.3, 0.4) is 0 Å². The van der Waals surface area contributed by atoms with Crippen molar-refractivity contribution in [2.24, 2.45) is 5.92 Å². The molecule has 1 aliphatic carbocycles. The lowest BCUT2D eigenvalue weighted by molar-refractivity contribution is -0.147. The van der Waals surface area contributed by atoms with Gasteiger partial charge >= 0.3 is 0 Å². The third-order valence-corrected chi connectivity index (χ3v) is 5.49. The van der Waals surface area contributed by atoms with Crippen molar-refractivity contribution in [2.45, 2.75) is 82.5 Å². The lowest BCUT2D eigenvalue weighted by atomic mass is 9.97. The van der Waals surface area contributed by atoms with Crippen molar-refractivity contribution in [3.63, 3.8) is 0 Å². The number of alkyl halides is 2. The fourth-order valence-electron chi connectivity index (χ4n) is 4.01. The Morgan fingerprint density at radius 3 is 2.60 bits per heavy atom. The van der Waals surface area contributed by atoms with Gasteiger partial charge in [0, 0.05) is 6.54 Å². The zero-order chi connectivity index (χ0) is 17.8. The van der Waals surface area contributed by atoms with Gasteiger partial charge in [-0.15, -0.1) is 0 Å². The molecular formula is C18H28F2N2O3. The van der Waals surface area contributed by atoms with Crippen molar-refractivity contribution in [3.05, 3.63) is 0 Å². The molecule has 5 nitrogen and oxygen atoms in total. The van der Waals surface area contributed by atoms with Crippen molar-refractivity contribution in [1.82, 2.24) is 10.2 Å². The first-order chi connectivity index (χ1) is 12.0. The molecule has 2 aliphatic heterocycles. The maximum absolute atomic E-state index is 12.7. The zero-order valence-electron chi connectivity index (χ0n) is 14.6. The summed E-state index contributed by atoms with van der Waals surface area (Å²) in [5, 5.41) is 2.26. The molecule has 1 saturated carbocycles. The van der Waals surface area contributed by atoms with E-state index in [0.717, 1.165) is 32.1 Å². The van der Waals surface area contributed by atoms with Gasteiger partial charge in [-0.25, -0.2) is 8.78 Å². The van der Waals surface area contributed by atoms with Crippen LogP contribution in [0.25, 0.3) is 0 Å². The van der Waals surface area contributed by atoms with Crippen LogP contribution in [-0.4, -0.2) is 54.5 Å².